The highest BCUT2D eigenvalue weighted by Gasteiger charge is 2.21. The third-order valence-corrected chi connectivity index (χ3v) is 7.46. The monoisotopic (exact) mass is 542 g/mol. The van der Waals surface area contributed by atoms with E-state index >= 15 is 0 Å². The van der Waals surface area contributed by atoms with E-state index in [0.717, 1.165) is 33.3 Å². The first-order chi connectivity index (χ1) is 20.7. The van der Waals surface area contributed by atoms with Crippen molar-refractivity contribution < 1.29 is 4.42 Å². The minimum absolute atomic E-state index is 0.0904. The Morgan fingerprint density at radius 1 is 0.500 bits per heavy atom. The van der Waals surface area contributed by atoms with Gasteiger partial charge in [0.2, 0.25) is 11.1 Å². The van der Waals surface area contributed by atoms with E-state index in [1.54, 1.807) is 0 Å². The number of para-hydroxylation sites is 2. The van der Waals surface area contributed by atoms with Crippen LogP contribution in [0, 0.1) is 0 Å². The molecule has 198 valence electrons. The van der Waals surface area contributed by atoms with Crippen LogP contribution in [-0.2, 0) is 0 Å². The third kappa shape index (κ3) is 3.89. The van der Waals surface area contributed by atoms with Gasteiger partial charge in [-0.05, 0) is 29.8 Å². The molecule has 0 spiro atoms. The Bertz CT molecular complexity index is 2250. The molecule has 0 amide bonds. The second kappa shape index (κ2) is 9.64. The summed E-state index contributed by atoms with van der Waals surface area (Å²) in [5, 5.41) is 0.585. The fraction of sp³-hybridized carbons (Fsp3) is 0. The minimum atomic E-state index is -0.0904. The predicted molar refractivity (Wildman–Crippen MR) is 166 cm³/mol. The van der Waals surface area contributed by atoms with Crippen molar-refractivity contribution in [1.82, 2.24) is 19.4 Å². The van der Waals surface area contributed by atoms with Crippen molar-refractivity contribution in [2.45, 2.75) is 0 Å². The van der Waals surface area contributed by atoms with Crippen LogP contribution in [0.4, 0.5) is 0 Å². The molecule has 3 aromatic heterocycles. The van der Waals surface area contributed by atoms with Gasteiger partial charge in [0.1, 0.15) is 0 Å². The van der Waals surface area contributed by atoms with Crippen molar-refractivity contribution >= 4 is 27.7 Å². The molecule has 3 heterocycles. The van der Waals surface area contributed by atoms with Crippen molar-refractivity contribution in [1.29, 1.82) is 0 Å². The van der Waals surface area contributed by atoms with Crippen molar-refractivity contribution in [2.75, 3.05) is 0 Å². The predicted octanol–water partition coefficient (Wildman–Crippen LogP) is 8.05. The van der Waals surface area contributed by atoms with Gasteiger partial charge in [0.25, 0.3) is 0 Å². The molecule has 0 radical (unpaired) electrons. The summed E-state index contributed by atoms with van der Waals surface area (Å²) < 4.78 is 8.37. The van der Waals surface area contributed by atoms with Crippen LogP contribution in [0.3, 0.4) is 0 Å². The first-order valence-corrected chi connectivity index (χ1v) is 13.7. The Kier molecular flexibility index (Phi) is 5.50. The summed E-state index contributed by atoms with van der Waals surface area (Å²) >= 11 is 0. The van der Waals surface area contributed by atoms with Gasteiger partial charge in [-0.1, -0.05) is 109 Å². The molecular weight excluding hydrogens is 520 g/mol. The fourth-order valence-electron chi connectivity index (χ4n) is 5.47. The molecule has 0 bridgehead atoms. The number of pyridine rings is 1. The van der Waals surface area contributed by atoms with E-state index in [2.05, 4.69) is 0 Å². The summed E-state index contributed by atoms with van der Waals surface area (Å²) in [6.45, 7) is 0. The van der Waals surface area contributed by atoms with Gasteiger partial charge in [-0.25, -0.2) is 15.0 Å². The summed E-state index contributed by atoms with van der Waals surface area (Å²) in [6.07, 6.45) is 0. The first-order valence-electron chi connectivity index (χ1n) is 13.7. The summed E-state index contributed by atoms with van der Waals surface area (Å²) in [5.74, 6) is 1.68. The van der Waals surface area contributed by atoms with Crippen molar-refractivity contribution in [2.24, 2.45) is 0 Å². The van der Waals surface area contributed by atoms with Gasteiger partial charge in [-0.15, -0.1) is 0 Å². The molecule has 0 atom stereocenters. The Labute approximate surface area is 240 Å². The highest BCUT2D eigenvalue weighted by atomic mass is 16.3. The number of oxazole rings is 1. The molecule has 8 rings (SSSR count). The zero-order valence-electron chi connectivity index (χ0n) is 22.3. The van der Waals surface area contributed by atoms with E-state index in [9.17, 15) is 4.79 Å². The molecule has 6 heteroatoms. The largest absolute Gasteiger partial charge is 0.437 e. The molecule has 0 saturated heterocycles. The molecule has 6 nitrogen and oxygen atoms in total. The van der Waals surface area contributed by atoms with Crippen LogP contribution in [0.2, 0.25) is 0 Å². The number of nitrogens with zero attached hydrogens (tertiary/aromatic N) is 4. The number of rotatable bonds is 4. The zero-order chi connectivity index (χ0) is 28.0. The van der Waals surface area contributed by atoms with E-state index < -0.39 is 0 Å². The maximum atomic E-state index is 14.0. The molecule has 0 aliphatic rings. The Balaban J connectivity index is 1.43. The number of hydrogen-bond donors (Lipinski definition) is 0. The maximum Gasteiger partial charge on any atom is 0.217 e. The van der Waals surface area contributed by atoms with Crippen molar-refractivity contribution in [3.8, 4) is 45.3 Å². The lowest BCUT2D eigenvalue weighted by atomic mass is 10.0. The summed E-state index contributed by atoms with van der Waals surface area (Å²) in [7, 11) is 0. The molecule has 0 aliphatic heterocycles. The van der Waals surface area contributed by atoms with Gasteiger partial charge in [-0.3, -0.25) is 9.20 Å². The second-order valence-electron chi connectivity index (χ2n) is 10.1. The van der Waals surface area contributed by atoms with E-state index in [-0.39, 0.29) is 5.43 Å². The van der Waals surface area contributed by atoms with E-state index in [1.165, 1.54) is 0 Å². The lowest BCUT2D eigenvalue weighted by Gasteiger charge is -2.11. The Morgan fingerprint density at radius 2 is 1.02 bits per heavy atom. The standard InChI is InChI=1S/C36H22N4O2/c41-32-27-21-20-26(35-38-33(24-14-6-2-7-15-24)37-34(39-35)25-16-8-3-9-17-25)22-29(27)40-28-18-10-11-19-30(28)42-36(40)31(32)23-12-4-1-5-13-23/h1-22H. The molecule has 0 unspecified atom stereocenters. The van der Waals surface area contributed by atoms with Crippen LogP contribution in [0.5, 0.6) is 0 Å². The smallest absolute Gasteiger partial charge is 0.217 e. The number of fused-ring (bicyclic) bond motifs is 5. The molecule has 0 fully saturated rings. The van der Waals surface area contributed by atoms with Gasteiger partial charge in [0, 0.05) is 22.1 Å². The topological polar surface area (TPSA) is 73.3 Å². The van der Waals surface area contributed by atoms with E-state index in [0.29, 0.717) is 39.7 Å². The quantitative estimate of drug-likeness (QED) is 0.225. The van der Waals surface area contributed by atoms with Gasteiger partial charge in [0.05, 0.1) is 16.6 Å². The summed E-state index contributed by atoms with van der Waals surface area (Å²) in [5.41, 5.74) is 6.60. The average Bonchev–Trinajstić information content (AvgIpc) is 3.45. The Morgan fingerprint density at radius 3 is 1.64 bits per heavy atom. The highest BCUT2D eigenvalue weighted by Crippen LogP contribution is 2.33. The number of benzene rings is 5. The van der Waals surface area contributed by atoms with Crippen LogP contribution in [-0.4, -0.2) is 19.4 Å². The first kappa shape index (κ1) is 24.0. The van der Waals surface area contributed by atoms with Crippen molar-refractivity contribution in [3.05, 3.63) is 144 Å². The Hall–Kier alpha value is -5.88. The van der Waals surface area contributed by atoms with E-state index in [4.69, 9.17) is 19.4 Å². The lowest BCUT2D eigenvalue weighted by Crippen LogP contribution is -2.09. The van der Waals surface area contributed by atoms with E-state index in [1.807, 2.05) is 138 Å². The van der Waals surface area contributed by atoms with Gasteiger partial charge in [-0.2, -0.15) is 0 Å². The number of hydrogen-bond acceptors (Lipinski definition) is 5. The summed E-state index contributed by atoms with van der Waals surface area (Å²) in [4.78, 5) is 28.6. The van der Waals surface area contributed by atoms with Gasteiger partial charge >= 0.3 is 0 Å². The average molecular weight is 543 g/mol. The van der Waals surface area contributed by atoms with Gasteiger partial charge in [0.15, 0.2) is 23.1 Å². The van der Waals surface area contributed by atoms with Crippen LogP contribution < -0.4 is 5.43 Å². The zero-order valence-corrected chi connectivity index (χ0v) is 22.3. The molecule has 42 heavy (non-hydrogen) atoms. The van der Waals surface area contributed by atoms with Crippen molar-refractivity contribution in [3.63, 3.8) is 0 Å². The molecule has 0 N–H and O–H groups in total. The fourth-order valence-corrected chi connectivity index (χ4v) is 5.47. The molecular formula is C36H22N4O2. The molecule has 8 aromatic rings. The lowest BCUT2D eigenvalue weighted by molar-refractivity contribution is 0.656. The number of aromatic nitrogens is 4. The second-order valence-corrected chi connectivity index (χ2v) is 10.1. The van der Waals surface area contributed by atoms with Crippen LogP contribution in [0.15, 0.2) is 143 Å². The van der Waals surface area contributed by atoms with Crippen LogP contribution >= 0.6 is 0 Å². The third-order valence-electron chi connectivity index (χ3n) is 7.46. The SMILES string of the molecule is O=c1c(-c2ccccc2)c2oc3ccccc3n2c2cc(-c3nc(-c4ccccc4)nc(-c4ccccc4)n3)ccc12. The molecule has 0 saturated carbocycles. The molecule has 0 aliphatic carbocycles. The summed E-state index contributed by atoms with van der Waals surface area (Å²) in [6, 6.07) is 43.0. The highest BCUT2D eigenvalue weighted by molar-refractivity contribution is 5.97. The van der Waals surface area contributed by atoms with Crippen LogP contribution in [0.25, 0.3) is 73.0 Å². The normalized spacial score (nSPS) is 11.4. The maximum absolute atomic E-state index is 14.0. The van der Waals surface area contributed by atoms with Crippen LogP contribution in [0.1, 0.15) is 0 Å². The minimum Gasteiger partial charge on any atom is -0.437 e. The van der Waals surface area contributed by atoms with Gasteiger partial charge < -0.3 is 4.42 Å². The molecule has 5 aromatic carbocycles.